The highest BCUT2D eigenvalue weighted by Gasteiger charge is 2.19. The molecule has 0 amide bonds. The second kappa shape index (κ2) is 5.87. The molecule has 0 bridgehead atoms. The van der Waals surface area contributed by atoms with Gasteiger partial charge in [-0.15, -0.1) is 0 Å². The first-order valence-electron chi connectivity index (χ1n) is 6.95. The lowest BCUT2D eigenvalue weighted by molar-refractivity contribution is 0.210. The topological polar surface area (TPSA) is 79.7 Å². The van der Waals surface area contributed by atoms with E-state index in [1.807, 2.05) is 7.05 Å². The summed E-state index contributed by atoms with van der Waals surface area (Å²) in [5.41, 5.74) is 6.66. The van der Waals surface area contributed by atoms with E-state index in [4.69, 9.17) is 10.2 Å². The van der Waals surface area contributed by atoms with Gasteiger partial charge in [-0.1, -0.05) is 13.8 Å². The molecule has 3 N–H and O–H groups in total. The summed E-state index contributed by atoms with van der Waals surface area (Å²) in [6.45, 7) is 6.26. The van der Waals surface area contributed by atoms with E-state index in [0.29, 0.717) is 18.7 Å². The average molecular weight is 290 g/mol. The molecule has 5 nitrogen and oxygen atoms in total. The van der Waals surface area contributed by atoms with Crippen LogP contribution in [0.3, 0.4) is 0 Å². The highest BCUT2D eigenvalue weighted by Crippen LogP contribution is 2.23. The Balaban J connectivity index is 2.32. The van der Waals surface area contributed by atoms with Crippen LogP contribution in [0.1, 0.15) is 19.4 Å². The van der Waals surface area contributed by atoms with E-state index in [-0.39, 0.29) is 11.2 Å². The van der Waals surface area contributed by atoms with Crippen molar-refractivity contribution in [2.75, 3.05) is 20.1 Å². The lowest BCUT2D eigenvalue weighted by atomic mass is 9.93. The summed E-state index contributed by atoms with van der Waals surface area (Å²) < 4.78 is 5.13. The second-order valence-electron chi connectivity index (χ2n) is 6.31. The number of nitrogens with zero attached hydrogens (tertiary/aromatic N) is 1. The summed E-state index contributed by atoms with van der Waals surface area (Å²) in [6, 6.07) is 6.33. The molecule has 0 fully saturated rings. The van der Waals surface area contributed by atoms with Crippen molar-refractivity contribution in [3.8, 4) is 5.75 Å². The van der Waals surface area contributed by atoms with Crippen LogP contribution in [0.25, 0.3) is 11.0 Å². The van der Waals surface area contributed by atoms with Crippen LogP contribution in [-0.4, -0.2) is 30.1 Å². The van der Waals surface area contributed by atoms with Crippen molar-refractivity contribution in [1.29, 1.82) is 0 Å². The third-order valence-corrected chi connectivity index (χ3v) is 3.50. The first-order valence-corrected chi connectivity index (χ1v) is 6.95. The Hall–Kier alpha value is -1.85. The molecular formula is C16H22N2O3. The quantitative estimate of drug-likeness (QED) is 0.822. The molecule has 114 valence electrons. The fourth-order valence-electron chi connectivity index (χ4n) is 2.49. The van der Waals surface area contributed by atoms with Gasteiger partial charge in [0.2, 0.25) is 0 Å². The molecule has 1 aromatic heterocycles. The maximum absolute atomic E-state index is 11.7. The molecular weight excluding hydrogens is 268 g/mol. The lowest BCUT2D eigenvalue weighted by Gasteiger charge is -2.29. The fourth-order valence-corrected chi connectivity index (χ4v) is 2.49. The molecule has 0 spiro atoms. The zero-order valence-electron chi connectivity index (χ0n) is 12.7. The van der Waals surface area contributed by atoms with E-state index in [2.05, 4.69) is 18.7 Å². The van der Waals surface area contributed by atoms with Crippen LogP contribution < -0.4 is 11.4 Å². The molecule has 5 heteroatoms. The summed E-state index contributed by atoms with van der Waals surface area (Å²) >= 11 is 0. The smallest absolute Gasteiger partial charge is 0.336 e. The van der Waals surface area contributed by atoms with E-state index in [1.165, 1.54) is 12.1 Å². The van der Waals surface area contributed by atoms with Crippen molar-refractivity contribution in [3.05, 3.63) is 40.2 Å². The summed E-state index contributed by atoms with van der Waals surface area (Å²) in [5.74, 6) is 0.0837. The summed E-state index contributed by atoms with van der Waals surface area (Å²) in [5, 5.41) is 10.3. The van der Waals surface area contributed by atoms with Gasteiger partial charge in [0, 0.05) is 30.6 Å². The van der Waals surface area contributed by atoms with Crippen molar-refractivity contribution in [3.63, 3.8) is 0 Å². The number of rotatable bonds is 5. The summed E-state index contributed by atoms with van der Waals surface area (Å²) in [7, 11) is 2.00. The number of fused-ring (bicyclic) bond motifs is 1. The number of nitrogens with two attached hydrogens (primary N) is 1. The largest absolute Gasteiger partial charge is 0.508 e. The van der Waals surface area contributed by atoms with Gasteiger partial charge in [0.15, 0.2) is 0 Å². The van der Waals surface area contributed by atoms with Gasteiger partial charge in [0.05, 0.1) is 0 Å². The Bertz CT molecular complexity index is 691. The minimum absolute atomic E-state index is 0.0161. The van der Waals surface area contributed by atoms with Crippen LogP contribution in [0, 0.1) is 5.41 Å². The predicted molar refractivity (Wildman–Crippen MR) is 83.3 cm³/mol. The number of hydrogen-bond acceptors (Lipinski definition) is 5. The summed E-state index contributed by atoms with van der Waals surface area (Å²) in [4.78, 5) is 13.8. The molecule has 1 aromatic carbocycles. The van der Waals surface area contributed by atoms with Crippen molar-refractivity contribution < 1.29 is 9.52 Å². The molecule has 2 aromatic rings. The molecule has 0 unspecified atom stereocenters. The number of aromatic hydroxyl groups is 1. The Kier molecular flexibility index (Phi) is 4.34. The van der Waals surface area contributed by atoms with Gasteiger partial charge in [-0.25, -0.2) is 4.79 Å². The van der Waals surface area contributed by atoms with E-state index >= 15 is 0 Å². The normalized spacial score (nSPS) is 12.2. The van der Waals surface area contributed by atoms with Crippen LogP contribution in [0.4, 0.5) is 0 Å². The molecule has 0 aliphatic heterocycles. The van der Waals surface area contributed by atoms with E-state index in [9.17, 15) is 9.90 Å². The molecule has 0 aliphatic rings. The number of phenolic OH excluding ortho intramolecular Hbond substituents is 1. The van der Waals surface area contributed by atoms with Gasteiger partial charge in [-0.3, -0.25) is 0 Å². The van der Waals surface area contributed by atoms with E-state index in [1.54, 1.807) is 12.1 Å². The monoisotopic (exact) mass is 290 g/mol. The highest BCUT2D eigenvalue weighted by molar-refractivity contribution is 5.81. The number of phenols is 1. The molecule has 21 heavy (non-hydrogen) atoms. The molecule has 0 saturated carbocycles. The molecule has 2 rings (SSSR count). The lowest BCUT2D eigenvalue weighted by Crippen LogP contribution is -2.36. The second-order valence-corrected chi connectivity index (χ2v) is 6.31. The fraction of sp³-hybridized carbons (Fsp3) is 0.438. The highest BCUT2D eigenvalue weighted by atomic mass is 16.4. The average Bonchev–Trinajstić information content (AvgIpc) is 2.37. The maximum atomic E-state index is 11.7. The van der Waals surface area contributed by atoms with Gasteiger partial charge < -0.3 is 20.2 Å². The van der Waals surface area contributed by atoms with Gasteiger partial charge in [0.25, 0.3) is 0 Å². The zero-order chi connectivity index (χ0) is 15.6. The predicted octanol–water partition coefficient (Wildman–Crippen LogP) is 1.92. The van der Waals surface area contributed by atoms with E-state index < -0.39 is 5.63 Å². The SMILES string of the molecule is CN(Cc1cc(=O)oc2cc(O)ccc12)CC(C)(C)CN. The minimum atomic E-state index is -0.408. The van der Waals surface area contributed by atoms with Gasteiger partial charge in [0.1, 0.15) is 11.3 Å². The van der Waals surface area contributed by atoms with Crippen LogP contribution in [0.2, 0.25) is 0 Å². The summed E-state index contributed by atoms with van der Waals surface area (Å²) in [6.07, 6.45) is 0. The Morgan fingerprint density at radius 3 is 2.71 bits per heavy atom. The number of hydrogen-bond donors (Lipinski definition) is 2. The van der Waals surface area contributed by atoms with Crippen LogP contribution in [0.5, 0.6) is 5.75 Å². The Morgan fingerprint density at radius 2 is 2.05 bits per heavy atom. The molecule has 0 atom stereocenters. The van der Waals surface area contributed by atoms with Crippen LogP contribution in [-0.2, 0) is 6.54 Å². The molecule has 0 saturated heterocycles. The Morgan fingerprint density at radius 1 is 1.33 bits per heavy atom. The van der Waals surface area contributed by atoms with Crippen molar-refractivity contribution >= 4 is 11.0 Å². The van der Waals surface area contributed by atoms with Crippen molar-refractivity contribution in [1.82, 2.24) is 4.90 Å². The van der Waals surface area contributed by atoms with Gasteiger partial charge >= 0.3 is 5.63 Å². The van der Waals surface area contributed by atoms with Gasteiger partial charge in [-0.2, -0.15) is 0 Å². The van der Waals surface area contributed by atoms with Crippen molar-refractivity contribution in [2.45, 2.75) is 20.4 Å². The number of benzene rings is 1. The molecule has 0 radical (unpaired) electrons. The third kappa shape index (κ3) is 3.83. The Labute approximate surface area is 124 Å². The van der Waals surface area contributed by atoms with Crippen LogP contribution in [0.15, 0.2) is 33.5 Å². The minimum Gasteiger partial charge on any atom is -0.508 e. The third-order valence-electron chi connectivity index (χ3n) is 3.50. The van der Waals surface area contributed by atoms with Crippen molar-refractivity contribution in [2.24, 2.45) is 11.1 Å². The van der Waals surface area contributed by atoms with Crippen LogP contribution >= 0.6 is 0 Å². The van der Waals surface area contributed by atoms with Gasteiger partial charge in [-0.05, 0) is 36.7 Å². The van der Waals surface area contributed by atoms with E-state index in [0.717, 1.165) is 17.5 Å². The molecule has 1 heterocycles. The zero-order valence-corrected chi connectivity index (χ0v) is 12.7. The first kappa shape index (κ1) is 15.5. The molecule has 0 aliphatic carbocycles. The first-order chi connectivity index (χ1) is 9.80. The maximum Gasteiger partial charge on any atom is 0.336 e. The standard InChI is InChI=1S/C16H22N2O3/c1-16(2,9-17)10-18(3)8-11-6-15(20)21-14-7-12(19)4-5-13(11)14/h4-7,19H,8-10,17H2,1-3H3.